The summed E-state index contributed by atoms with van der Waals surface area (Å²) in [5.74, 6) is 0.538. The van der Waals surface area contributed by atoms with Crippen LogP contribution in [0.4, 0.5) is 0 Å². The number of amides is 1. The van der Waals surface area contributed by atoms with E-state index in [-0.39, 0.29) is 11.9 Å². The van der Waals surface area contributed by atoms with Crippen LogP contribution < -0.4 is 5.32 Å². The van der Waals surface area contributed by atoms with Crippen LogP contribution in [0.15, 0.2) is 41.0 Å². The van der Waals surface area contributed by atoms with E-state index in [9.17, 15) is 4.79 Å². The Morgan fingerprint density at radius 2 is 2.12 bits per heavy atom. The van der Waals surface area contributed by atoms with Gasteiger partial charge in [-0.3, -0.25) is 4.79 Å². The van der Waals surface area contributed by atoms with Gasteiger partial charge in [-0.25, -0.2) is 4.98 Å². The molecule has 0 saturated carbocycles. The third-order valence-corrected chi connectivity index (χ3v) is 5.22. The molecule has 2 aromatic rings. The summed E-state index contributed by atoms with van der Waals surface area (Å²) in [7, 11) is 0. The Kier molecular flexibility index (Phi) is 4.10. The van der Waals surface area contributed by atoms with Gasteiger partial charge in [-0.2, -0.15) is 0 Å². The van der Waals surface area contributed by atoms with Crippen molar-refractivity contribution in [3.8, 4) is 0 Å². The van der Waals surface area contributed by atoms with Crippen molar-refractivity contribution in [1.29, 1.82) is 0 Å². The van der Waals surface area contributed by atoms with Crippen molar-refractivity contribution in [3.63, 3.8) is 0 Å². The number of benzene rings is 1. The monoisotopic (exact) mass is 325 g/mol. The number of aromatic nitrogens is 1. The number of hydrogen-bond donors (Lipinski definition) is 1. The fraction of sp³-hybridized carbons (Fsp3) is 0.474. The van der Waals surface area contributed by atoms with Crippen LogP contribution in [0.25, 0.3) is 0 Å². The number of oxazole rings is 1. The molecule has 24 heavy (non-hydrogen) atoms. The van der Waals surface area contributed by atoms with Gasteiger partial charge in [0.25, 0.3) is 5.91 Å². The molecule has 0 aliphatic carbocycles. The maximum absolute atomic E-state index is 12.9. The van der Waals surface area contributed by atoms with Crippen molar-refractivity contribution in [3.05, 3.63) is 53.7 Å². The standard InChI is InChI=1S/C19H23N3O2/c1-13-20-17(12-24-13)19(23)22-10-6-5-9-15-18(22)11-16(21-15)14-7-3-2-4-8-14/h2-4,7-8,12,15-16,18,21H,5-6,9-11H2,1H3/t15-,16-,18+/m1/s1. The highest BCUT2D eigenvalue weighted by molar-refractivity contribution is 5.92. The first-order valence-corrected chi connectivity index (χ1v) is 8.76. The molecule has 0 bridgehead atoms. The molecule has 1 N–H and O–H groups in total. The molecular weight excluding hydrogens is 302 g/mol. The van der Waals surface area contributed by atoms with Crippen LogP contribution in [-0.4, -0.2) is 34.4 Å². The summed E-state index contributed by atoms with van der Waals surface area (Å²) >= 11 is 0. The molecule has 0 unspecified atom stereocenters. The average Bonchev–Trinajstić information content (AvgIpc) is 3.17. The van der Waals surface area contributed by atoms with E-state index >= 15 is 0 Å². The van der Waals surface area contributed by atoms with E-state index in [1.165, 1.54) is 11.8 Å². The maximum atomic E-state index is 12.9. The fourth-order valence-electron chi connectivity index (χ4n) is 4.05. The van der Waals surface area contributed by atoms with Gasteiger partial charge in [-0.15, -0.1) is 0 Å². The molecule has 3 atom stereocenters. The van der Waals surface area contributed by atoms with Gasteiger partial charge >= 0.3 is 0 Å². The van der Waals surface area contributed by atoms with E-state index in [0.717, 1.165) is 32.2 Å². The van der Waals surface area contributed by atoms with Crippen LogP contribution in [0.3, 0.4) is 0 Å². The summed E-state index contributed by atoms with van der Waals surface area (Å²) in [6.07, 6.45) is 5.76. The number of likely N-dealkylation sites (tertiary alicyclic amines) is 1. The SMILES string of the molecule is Cc1nc(C(=O)N2CCCC[C@H]3N[C@@H](c4ccccc4)C[C@@H]32)co1. The van der Waals surface area contributed by atoms with Gasteiger partial charge < -0.3 is 14.6 Å². The zero-order valence-corrected chi connectivity index (χ0v) is 13.9. The number of carbonyl (C=O) groups excluding carboxylic acids is 1. The summed E-state index contributed by atoms with van der Waals surface area (Å²) in [4.78, 5) is 19.2. The lowest BCUT2D eigenvalue weighted by Gasteiger charge is -2.29. The molecule has 0 radical (unpaired) electrons. The number of rotatable bonds is 2. The molecule has 0 spiro atoms. The summed E-state index contributed by atoms with van der Waals surface area (Å²) in [6.45, 7) is 2.57. The van der Waals surface area contributed by atoms with Crippen LogP contribution >= 0.6 is 0 Å². The van der Waals surface area contributed by atoms with Gasteiger partial charge in [-0.05, 0) is 24.8 Å². The molecule has 5 nitrogen and oxygen atoms in total. The molecule has 2 saturated heterocycles. The smallest absolute Gasteiger partial charge is 0.276 e. The molecule has 1 aromatic carbocycles. The Balaban J connectivity index is 1.57. The highest BCUT2D eigenvalue weighted by atomic mass is 16.3. The number of nitrogens with one attached hydrogen (secondary N) is 1. The van der Waals surface area contributed by atoms with Gasteiger partial charge in [0.1, 0.15) is 6.26 Å². The molecule has 2 aliphatic heterocycles. The highest BCUT2D eigenvalue weighted by Crippen LogP contribution is 2.34. The first-order valence-electron chi connectivity index (χ1n) is 8.76. The topological polar surface area (TPSA) is 58.4 Å². The van der Waals surface area contributed by atoms with Crippen LogP contribution in [0.1, 0.15) is 53.7 Å². The molecule has 2 fully saturated rings. The van der Waals surface area contributed by atoms with E-state index in [4.69, 9.17) is 4.42 Å². The highest BCUT2D eigenvalue weighted by Gasteiger charge is 2.41. The van der Waals surface area contributed by atoms with Gasteiger partial charge in [0, 0.05) is 31.6 Å². The molecule has 5 heteroatoms. The van der Waals surface area contributed by atoms with E-state index in [2.05, 4.69) is 34.6 Å². The Morgan fingerprint density at radius 3 is 2.88 bits per heavy atom. The predicted octanol–water partition coefficient (Wildman–Crippen LogP) is 3.08. The molecule has 3 heterocycles. The minimum absolute atomic E-state index is 0.000684. The first-order chi connectivity index (χ1) is 11.7. The molecule has 2 aliphatic rings. The number of aryl methyl sites for hydroxylation is 1. The Bertz CT molecular complexity index is 712. The van der Waals surface area contributed by atoms with E-state index in [1.807, 2.05) is 11.0 Å². The number of fused-ring (bicyclic) bond motifs is 1. The van der Waals surface area contributed by atoms with Crippen molar-refractivity contribution in [2.75, 3.05) is 6.54 Å². The van der Waals surface area contributed by atoms with E-state index in [0.29, 0.717) is 23.7 Å². The van der Waals surface area contributed by atoms with Crippen LogP contribution in [-0.2, 0) is 0 Å². The second kappa shape index (κ2) is 6.40. The number of nitrogens with zero attached hydrogens (tertiary/aromatic N) is 2. The van der Waals surface area contributed by atoms with Crippen LogP contribution in [0, 0.1) is 6.92 Å². The van der Waals surface area contributed by atoms with Gasteiger partial charge in [0.05, 0.1) is 0 Å². The summed E-state index contributed by atoms with van der Waals surface area (Å²) in [6, 6.07) is 11.4. The zero-order valence-electron chi connectivity index (χ0n) is 13.9. The van der Waals surface area contributed by atoms with Crippen molar-refractivity contribution >= 4 is 5.91 Å². The molecule has 1 aromatic heterocycles. The third kappa shape index (κ3) is 2.84. The summed E-state index contributed by atoms with van der Waals surface area (Å²) in [5, 5.41) is 3.75. The van der Waals surface area contributed by atoms with Gasteiger partial charge in [0.2, 0.25) is 0 Å². The van der Waals surface area contributed by atoms with Crippen molar-refractivity contribution in [1.82, 2.24) is 15.2 Å². The largest absolute Gasteiger partial charge is 0.448 e. The Morgan fingerprint density at radius 1 is 1.29 bits per heavy atom. The Hall–Kier alpha value is -2.14. The van der Waals surface area contributed by atoms with Crippen molar-refractivity contribution < 1.29 is 9.21 Å². The molecular formula is C19H23N3O2. The average molecular weight is 325 g/mol. The first kappa shape index (κ1) is 15.4. The molecule has 1 amide bonds. The van der Waals surface area contributed by atoms with Crippen molar-refractivity contribution in [2.24, 2.45) is 0 Å². The summed E-state index contributed by atoms with van der Waals surface area (Å²) < 4.78 is 5.24. The minimum Gasteiger partial charge on any atom is -0.448 e. The second-order valence-corrected chi connectivity index (χ2v) is 6.79. The van der Waals surface area contributed by atoms with Crippen LogP contribution in [0.5, 0.6) is 0 Å². The van der Waals surface area contributed by atoms with Gasteiger partial charge in [0.15, 0.2) is 11.6 Å². The van der Waals surface area contributed by atoms with E-state index < -0.39 is 0 Å². The van der Waals surface area contributed by atoms with Crippen LogP contribution in [0.2, 0.25) is 0 Å². The maximum Gasteiger partial charge on any atom is 0.276 e. The van der Waals surface area contributed by atoms with Crippen molar-refractivity contribution in [2.45, 2.75) is 50.7 Å². The van der Waals surface area contributed by atoms with Gasteiger partial charge in [-0.1, -0.05) is 36.8 Å². The Labute approximate surface area is 142 Å². The lowest BCUT2D eigenvalue weighted by Crippen LogP contribution is -2.45. The zero-order chi connectivity index (χ0) is 16.5. The lowest BCUT2D eigenvalue weighted by molar-refractivity contribution is 0.0671. The van der Waals surface area contributed by atoms with E-state index in [1.54, 1.807) is 6.92 Å². The summed E-state index contributed by atoms with van der Waals surface area (Å²) in [5.41, 5.74) is 1.73. The second-order valence-electron chi connectivity index (χ2n) is 6.79. The minimum atomic E-state index is -0.000684. The number of carbonyl (C=O) groups is 1. The predicted molar refractivity (Wildman–Crippen MR) is 90.6 cm³/mol. The third-order valence-electron chi connectivity index (χ3n) is 5.22. The normalized spacial score (nSPS) is 26.9. The fourth-order valence-corrected chi connectivity index (χ4v) is 4.05. The quantitative estimate of drug-likeness (QED) is 0.922. The molecule has 126 valence electrons. The molecule has 4 rings (SSSR count). The lowest BCUT2D eigenvalue weighted by atomic mass is 10.0. The number of hydrogen-bond acceptors (Lipinski definition) is 4.